The van der Waals surface area contributed by atoms with E-state index in [4.69, 9.17) is 5.73 Å². The van der Waals surface area contributed by atoms with E-state index in [1.807, 2.05) is 6.07 Å². The molecule has 0 unspecified atom stereocenters. The van der Waals surface area contributed by atoms with Gasteiger partial charge in [0.1, 0.15) is 0 Å². The predicted octanol–water partition coefficient (Wildman–Crippen LogP) is 1.05. The first kappa shape index (κ1) is 9.64. The Balaban J connectivity index is 2.50. The average Bonchev–Trinajstić information content (AvgIpc) is 2.14. The number of nitrogens with zero attached hydrogens (tertiary/aromatic N) is 1. The maximum Gasteiger partial charge on any atom is 0.267 e. The minimum absolute atomic E-state index is 0.458. The molecule has 3 N–H and O–H groups in total. The fourth-order valence-corrected chi connectivity index (χ4v) is 1.93. The second-order valence-corrected chi connectivity index (χ2v) is 4.15. The summed E-state index contributed by atoms with van der Waals surface area (Å²) in [6.45, 7) is 0. The Kier molecular flexibility index (Phi) is 2.30. The number of anilines is 1. The van der Waals surface area contributed by atoms with Crippen molar-refractivity contribution >= 4 is 27.5 Å². The van der Waals surface area contributed by atoms with Crippen LogP contribution in [0.3, 0.4) is 0 Å². The molecule has 4 nitrogen and oxygen atoms in total. The lowest BCUT2D eigenvalue weighted by Crippen LogP contribution is -2.47. The minimum atomic E-state index is -0.651. The number of amides is 1. The van der Waals surface area contributed by atoms with Gasteiger partial charge in [0.15, 0.2) is 0 Å². The third-order valence-electron chi connectivity index (χ3n) is 2.24. The Morgan fingerprint density at radius 1 is 1.57 bits per heavy atom. The predicted molar refractivity (Wildman–Crippen MR) is 55.1 cm³/mol. The first-order valence-corrected chi connectivity index (χ1v) is 4.96. The van der Waals surface area contributed by atoms with Crippen LogP contribution >= 0.6 is 15.9 Å². The summed E-state index contributed by atoms with van der Waals surface area (Å²) in [6.07, 6.45) is 0.463. The highest BCUT2D eigenvalue weighted by Gasteiger charge is 2.29. The van der Waals surface area contributed by atoms with Crippen molar-refractivity contribution < 1.29 is 10.0 Å². The smallest absolute Gasteiger partial charge is 0.267 e. The molecule has 0 bridgehead atoms. The normalized spacial score (nSPS) is 20.9. The van der Waals surface area contributed by atoms with Crippen LogP contribution in [0.2, 0.25) is 0 Å². The molecule has 74 valence electrons. The van der Waals surface area contributed by atoms with Gasteiger partial charge >= 0.3 is 0 Å². The fourth-order valence-electron chi connectivity index (χ4n) is 1.52. The van der Waals surface area contributed by atoms with Gasteiger partial charge in [-0.05, 0) is 30.2 Å². The molecule has 14 heavy (non-hydrogen) atoms. The van der Waals surface area contributed by atoms with Crippen molar-refractivity contribution in [2.45, 2.75) is 12.5 Å². The van der Waals surface area contributed by atoms with Gasteiger partial charge < -0.3 is 5.73 Å². The minimum Gasteiger partial charge on any atom is -0.320 e. The Bertz CT molecular complexity index is 394. The van der Waals surface area contributed by atoms with E-state index in [1.54, 1.807) is 12.1 Å². The number of benzene rings is 1. The second kappa shape index (κ2) is 3.34. The quantitative estimate of drug-likeness (QED) is 0.683. The van der Waals surface area contributed by atoms with Crippen LogP contribution in [0.1, 0.15) is 5.56 Å². The summed E-state index contributed by atoms with van der Waals surface area (Å²) >= 11 is 3.32. The third kappa shape index (κ3) is 1.43. The van der Waals surface area contributed by atoms with E-state index in [0.717, 1.165) is 10.0 Å². The van der Waals surface area contributed by atoms with Crippen molar-refractivity contribution in [3.63, 3.8) is 0 Å². The van der Waals surface area contributed by atoms with Gasteiger partial charge in [0, 0.05) is 4.47 Å². The first-order valence-electron chi connectivity index (χ1n) is 4.16. The summed E-state index contributed by atoms with van der Waals surface area (Å²) in [7, 11) is 0. The summed E-state index contributed by atoms with van der Waals surface area (Å²) < 4.78 is 0.909. The SMILES string of the molecule is N[C@@H]1Cc2cc(Br)ccc2N(O)C1=O. The molecule has 0 spiro atoms. The van der Waals surface area contributed by atoms with Crippen molar-refractivity contribution in [1.29, 1.82) is 0 Å². The zero-order chi connectivity index (χ0) is 10.3. The third-order valence-corrected chi connectivity index (χ3v) is 2.73. The van der Waals surface area contributed by atoms with Crippen molar-refractivity contribution in [1.82, 2.24) is 0 Å². The lowest BCUT2D eigenvalue weighted by molar-refractivity contribution is -0.125. The van der Waals surface area contributed by atoms with Gasteiger partial charge in [-0.15, -0.1) is 0 Å². The summed E-state index contributed by atoms with van der Waals surface area (Å²) in [5.41, 5.74) is 6.95. The van der Waals surface area contributed by atoms with Crippen LogP contribution in [0.5, 0.6) is 0 Å². The van der Waals surface area contributed by atoms with E-state index >= 15 is 0 Å². The van der Waals surface area contributed by atoms with Gasteiger partial charge in [-0.25, -0.2) is 0 Å². The molecular weight excluding hydrogens is 248 g/mol. The summed E-state index contributed by atoms with van der Waals surface area (Å²) in [6, 6.07) is 4.65. The zero-order valence-electron chi connectivity index (χ0n) is 7.27. The number of rotatable bonds is 0. The number of carbonyl (C=O) groups excluding carboxylic acids is 1. The highest BCUT2D eigenvalue weighted by molar-refractivity contribution is 9.10. The molecule has 1 aromatic rings. The Morgan fingerprint density at radius 2 is 2.29 bits per heavy atom. The Morgan fingerprint density at radius 3 is 3.00 bits per heavy atom. The van der Waals surface area contributed by atoms with Crippen LogP contribution in [0, 0.1) is 0 Å². The van der Waals surface area contributed by atoms with Crippen molar-refractivity contribution in [2.75, 3.05) is 5.06 Å². The van der Waals surface area contributed by atoms with E-state index < -0.39 is 11.9 Å². The molecule has 2 rings (SSSR count). The van der Waals surface area contributed by atoms with Gasteiger partial charge in [-0.2, -0.15) is 5.06 Å². The maximum absolute atomic E-state index is 11.3. The van der Waals surface area contributed by atoms with E-state index in [1.165, 1.54) is 0 Å². The van der Waals surface area contributed by atoms with Crippen LogP contribution in [0.25, 0.3) is 0 Å². The second-order valence-electron chi connectivity index (χ2n) is 3.23. The van der Waals surface area contributed by atoms with Gasteiger partial charge in [-0.3, -0.25) is 10.0 Å². The number of halogens is 1. The molecule has 5 heteroatoms. The molecule has 0 fully saturated rings. The number of hydrogen-bond acceptors (Lipinski definition) is 3. The zero-order valence-corrected chi connectivity index (χ0v) is 8.86. The van der Waals surface area contributed by atoms with Crippen LogP contribution < -0.4 is 10.8 Å². The molecule has 1 atom stereocenters. The van der Waals surface area contributed by atoms with Crippen LogP contribution in [0.15, 0.2) is 22.7 Å². The van der Waals surface area contributed by atoms with Crippen LogP contribution in [-0.4, -0.2) is 17.2 Å². The topological polar surface area (TPSA) is 66.6 Å². The highest BCUT2D eigenvalue weighted by atomic mass is 79.9. The van der Waals surface area contributed by atoms with E-state index in [0.29, 0.717) is 17.2 Å². The van der Waals surface area contributed by atoms with Gasteiger partial charge in [-0.1, -0.05) is 15.9 Å². The lowest BCUT2D eigenvalue weighted by Gasteiger charge is -2.27. The average molecular weight is 257 g/mol. The van der Waals surface area contributed by atoms with Crippen molar-refractivity contribution in [3.05, 3.63) is 28.2 Å². The number of nitrogens with two attached hydrogens (primary N) is 1. The molecule has 1 aliphatic heterocycles. The monoisotopic (exact) mass is 256 g/mol. The molecule has 1 aromatic carbocycles. The number of hydroxylamine groups is 1. The molecule has 0 aliphatic carbocycles. The van der Waals surface area contributed by atoms with Gasteiger partial charge in [0.25, 0.3) is 5.91 Å². The largest absolute Gasteiger partial charge is 0.320 e. The summed E-state index contributed by atoms with van der Waals surface area (Å²) in [4.78, 5) is 11.3. The molecule has 1 aliphatic rings. The fraction of sp³-hybridized carbons (Fsp3) is 0.222. The first-order chi connectivity index (χ1) is 6.59. The van der Waals surface area contributed by atoms with Crippen LogP contribution in [0.4, 0.5) is 5.69 Å². The molecule has 0 aromatic heterocycles. The molecular formula is C9H9BrN2O2. The number of hydrogen-bond donors (Lipinski definition) is 2. The molecule has 0 radical (unpaired) electrons. The van der Waals surface area contributed by atoms with Crippen molar-refractivity contribution in [3.8, 4) is 0 Å². The maximum atomic E-state index is 11.3. The van der Waals surface area contributed by atoms with E-state index in [9.17, 15) is 10.0 Å². The Hall–Kier alpha value is -0.910. The molecule has 0 saturated carbocycles. The number of fused-ring (bicyclic) bond motifs is 1. The van der Waals surface area contributed by atoms with E-state index in [-0.39, 0.29) is 0 Å². The standard InChI is InChI=1S/C9H9BrN2O2/c10-6-1-2-8-5(3-6)4-7(11)9(13)12(8)14/h1-3,7,14H,4,11H2/t7-/m1/s1. The highest BCUT2D eigenvalue weighted by Crippen LogP contribution is 2.28. The van der Waals surface area contributed by atoms with Crippen molar-refractivity contribution in [2.24, 2.45) is 5.73 Å². The Labute approximate surface area is 89.4 Å². The molecule has 0 saturated heterocycles. The van der Waals surface area contributed by atoms with Crippen LogP contribution in [-0.2, 0) is 11.2 Å². The molecule has 1 amide bonds. The summed E-state index contributed by atoms with van der Waals surface area (Å²) in [5.74, 6) is -0.458. The lowest BCUT2D eigenvalue weighted by atomic mass is 9.99. The van der Waals surface area contributed by atoms with Gasteiger partial charge in [0.05, 0.1) is 11.7 Å². The summed E-state index contributed by atoms with van der Waals surface area (Å²) in [5, 5.41) is 10.1. The van der Waals surface area contributed by atoms with Gasteiger partial charge in [0.2, 0.25) is 0 Å². The number of carbonyl (C=O) groups is 1. The molecule has 1 heterocycles. The van der Waals surface area contributed by atoms with E-state index in [2.05, 4.69) is 15.9 Å².